The van der Waals surface area contributed by atoms with Crippen LogP contribution in [0.5, 0.6) is 0 Å². The average Bonchev–Trinajstić information content (AvgIpc) is 2.10. The number of halogens is 1. The first kappa shape index (κ1) is 12.9. The largest absolute Gasteiger partial charge is 0.479 e. The number of hydrogen-bond acceptors (Lipinski definition) is 3. The SMILES string of the molecule is O=C(O)C(O)C(O)CCCCCBr. The number of carbonyl (C=O) groups is 1. The number of hydrogen-bond donors (Lipinski definition) is 3. The van der Waals surface area contributed by atoms with E-state index in [0.717, 1.165) is 24.6 Å². The zero-order chi connectivity index (χ0) is 10.3. The third-order valence-corrected chi connectivity index (χ3v) is 2.31. The molecule has 0 rings (SSSR count). The fourth-order valence-corrected chi connectivity index (χ4v) is 1.34. The maximum atomic E-state index is 10.2. The van der Waals surface area contributed by atoms with Crippen LogP contribution in [0.3, 0.4) is 0 Å². The van der Waals surface area contributed by atoms with Crippen molar-refractivity contribution < 1.29 is 20.1 Å². The van der Waals surface area contributed by atoms with Crippen LogP contribution in [-0.4, -0.2) is 38.8 Å². The Kier molecular flexibility index (Phi) is 7.22. The molecular weight excluding hydrogens is 240 g/mol. The Bertz CT molecular complexity index is 151. The number of rotatable bonds is 7. The summed E-state index contributed by atoms with van der Waals surface area (Å²) in [7, 11) is 0. The zero-order valence-corrected chi connectivity index (χ0v) is 8.90. The van der Waals surface area contributed by atoms with Crippen LogP contribution >= 0.6 is 15.9 Å². The minimum Gasteiger partial charge on any atom is -0.479 e. The van der Waals surface area contributed by atoms with E-state index in [4.69, 9.17) is 15.3 Å². The van der Waals surface area contributed by atoms with Crippen LogP contribution in [0.1, 0.15) is 25.7 Å². The van der Waals surface area contributed by atoms with Crippen LogP contribution in [0.4, 0.5) is 0 Å². The Hall–Kier alpha value is -0.130. The molecule has 0 radical (unpaired) electrons. The van der Waals surface area contributed by atoms with Crippen molar-refractivity contribution in [1.82, 2.24) is 0 Å². The zero-order valence-electron chi connectivity index (χ0n) is 7.32. The van der Waals surface area contributed by atoms with Gasteiger partial charge in [-0.3, -0.25) is 0 Å². The van der Waals surface area contributed by atoms with E-state index in [0.29, 0.717) is 6.42 Å². The molecule has 4 nitrogen and oxygen atoms in total. The van der Waals surface area contributed by atoms with Gasteiger partial charge in [0.15, 0.2) is 6.10 Å². The number of aliphatic carboxylic acids is 1. The number of unbranched alkanes of at least 4 members (excludes halogenated alkanes) is 2. The lowest BCUT2D eigenvalue weighted by Gasteiger charge is -2.12. The first-order valence-electron chi connectivity index (χ1n) is 4.24. The van der Waals surface area contributed by atoms with Gasteiger partial charge in [0.2, 0.25) is 0 Å². The van der Waals surface area contributed by atoms with E-state index in [2.05, 4.69) is 15.9 Å². The first-order valence-corrected chi connectivity index (χ1v) is 5.36. The molecule has 13 heavy (non-hydrogen) atoms. The minimum atomic E-state index is -1.65. The number of alkyl halides is 1. The van der Waals surface area contributed by atoms with Crippen molar-refractivity contribution in [1.29, 1.82) is 0 Å². The number of carboxylic acid groups (broad SMARTS) is 1. The van der Waals surface area contributed by atoms with Crippen molar-refractivity contribution in [3.8, 4) is 0 Å². The highest BCUT2D eigenvalue weighted by atomic mass is 79.9. The lowest BCUT2D eigenvalue weighted by Crippen LogP contribution is -2.33. The van der Waals surface area contributed by atoms with E-state index in [1.807, 2.05) is 0 Å². The molecule has 78 valence electrons. The van der Waals surface area contributed by atoms with Gasteiger partial charge in [-0.2, -0.15) is 0 Å². The fraction of sp³-hybridized carbons (Fsp3) is 0.875. The second kappa shape index (κ2) is 7.29. The van der Waals surface area contributed by atoms with Gasteiger partial charge in [0.1, 0.15) is 0 Å². The predicted octanol–water partition coefficient (Wildman–Crippen LogP) is 0.748. The molecule has 0 bridgehead atoms. The van der Waals surface area contributed by atoms with E-state index in [-0.39, 0.29) is 0 Å². The van der Waals surface area contributed by atoms with Crippen molar-refractivity contribution in [3.05, 3.63) is 0 Å². The van der Waals surface area contributed by atoms with E-state index < -0.39 is 18.2 Å². The molecule has 2 unspecified atom stereocenters. The highest BCUT2D eigenvalue weighted by molar-refractivity contribution is 9.09. The Morgan fingerprint density at radius 3 is 2.31 bits per heavy atom. The van der Waals surface area contributed by atoms with Gasteiger partial charge in [0, 0.05) is 5.33 Å². The fourth-order valence-electron chi connectivity index (χ4n) is 0.947. The molecule has 0 aromatic carbocycles. The topological polar surface area (TPSA) is 77.8 Å². The molecule has 3 N–H and O–H groups in total. The Balaban J connectivity index is 3.50. The van der Waals surface area contributed by atoms with Gasteiger partial charge in [-0.25, -0.2) is 4.79 Å². The maximum Gasteiger partial charge on any atom is 0.335 e. The monoisotopic (exact) mass is 254 g/mol. The van der Waals surface area contributed by atoms with Gasteiger partial charge in [-0.15, -0.1) is 0 Å². The van der Waals surface area contributed by atoms with Crippen LogP contribution < -0.4 is 0 Å². The minimum absolute atomic E-state index is 0.334. The summed E-state index contributed by atoms with van der Waals surface area (Å²) in [5.74, 6) is -1.37. The maximum absolute atomic E-state index is 10.2. The van der Waals surface area contributed by atoms with E-state index in [1.54, 1.807) is 0 Å². The molecule has 0 aromatic rings. The van der Waals surface area contributed by atoms with E-state index >= 15 is 0 Å². The summed E-state index contributed by atoms with van der Waals surface area (Å²) in [6.07, 6.45) is 0.194. The van der Waals surface area contributed by atoms with Crippen LogP contribution in [0.25, 0.3) is 0 Å². The molecular formula is C8H15BrO4. The van der Waals surface area contributed by atoms with Gasteiger partial charge in [-0.05, 0) is 12.8 Å². The van der Waals surface area contributed by atoms with Crippen molar-refractivity contribution in [2.45, 2.75) is 37.9 Å². The molecule has 0 spiro atoms. The van der Waals surface area contributed by atoms with Crippen LogP contribution in [-0.2, 0) is 4.79 Å². The molecule has 0 saturated carbocycles. The van der Waals surface area contributed by atoms with E-state index in [9.17, 15) is 4.79 Å². The summed E-state index contributed by atoms with van der Waals surface area (Å²) >= 11 is 3.26. The van der Waals surface area contributed by atoms with Crippen molar-refractivity contribution in [2.24, 2.45) is 0 Å². The highest BCUT2D eigenvalue weighted by Gasteiger charge is 2.22. The second-order valence-corrected chi connectivity index (χ2v) is 3.68. The van der Waals surface area contributed by atoms with Crippen LogP contribution in [0.15, 0.2) is 0 Å². The van der Waals surface area contributed by atoms with Gasteiger partial charge >= 0.3 is 5.97 Å². The number of carboxylic acids is 1. The number of aliphatic hydroxyl groups excluding tert-OH is 2. The molecule has 0 amide bonds. The third kappa shape index (κ3) is 6.01. The Morgan fingerprint density at radius 1 is 1.23 bits per heavy atom. The molecule has 0 heterocycles. The van der Waals surface area contributed by atoms with Crippen LogP contribution in [0.2, 0.25) is 0 Å². The Labute approximate surface area is 85.7 Å². The van der Waals surface area contributed by atoms with Gasteiger partial charge in [0.25, 0.3) is 0 Å². The lowest BCUT2D eigenvalue weighted by molar-refractivity contribution is -0.153. The quantitative estimate of drug-likeness (QED) is 0.463. The summed E-state index contributed by atoms with van der Waals surface area (Å²) in [4.78, 5) is 10.2. The normalized spacial score (nSPS) is 15.3. The summed E-state index contributed by atoms with van der Waals surface area (Å²) in [5, 5.41) is 27.3. The summed E-state index contributed by atoms with van der Waals surface area (Å²) in [5.41, 5.74) is 0. The second-order valence-electron chi connectivity index (χ2n) is 2.89. The summed E-state index contributed by atoms with van der Waals surface area (Å²) in [6, 6.07) is 0. The van der Waals surface area contributed by atoms with Gasteiger partial charge < -0.3 is 15.3 Å². The molecule has 0 aliphatic carbocycles. The molecule has 0 aliphatic heterocycles. The first-order chi connectivity index (χ1) is 6.09. The molecule has 0 saturated heterocycles. The summed E-state index contributed by atoms with van der Waals surface area (Å²) in [6.45, 7) is 0. The predicted molar refractivity (Wildman–Crippen MR) is 51.9 cm³/mol. The van der Waals surface area contributed by atoms with Gasteiger partial charge in [-0.1, -0.05) is 28.8 Å². The van der Waals surface area contributed by atoms with Crippen molar-refractivity contribution in [2.75, 3.05) is 5.33 Å². The summed E-state index contributed by atoms with van der Waals surface area (Å²) < 4.78 is 0. The molecule has 5 heteroatoms. The molecule has 2 atom stereocenters. The molecule has 0 aliphatic rings. The average molecular weight is 255 g/mol. The lowest BCUT2D eigenvalue weighted by atomic mass is 10.1. The standard InChI is InChI=1S/C8H15BrO4/c9-5-3-1-2-4-6(10)7(11)8(12)13/h6-7,10-11H,1-5H2,(H,12,13). The van der Waals surface area contributed by atoms with Crippen molar-refractivity contribution >= 4 is 21.9 Å². The molecule has 0 fully saturated rings. The van der Waals surface area contributed by atoms with Gasteiger partial charge in [0.05, 0.1) is 6.10 Å². The Morgan fingerprint density at radius 2 is 1.85 bits per heavy atom. The van der Waals surface area contributed by atoms with Crippen LogP contribution in [0, 0.1) is 0 Å². The number of aliphatic hydroxyl groups is 2. The molecule has 0 aromatic heterocycles. The van der Waals surface area contributed by atoms with Crippen molar-refractivity contribution in [3.63, 3.8) is 0 Å². The van der Waals surface area contributed by atoms with E-state index in [1.165, 1.54) is 0 Å². The smallest absolute Gasteiger partial charge is 0.335 e. The third-order valence-electron chi connectivity index (χ3n) is 1.75. The highest BCUT2D eigenvalue weighted by Crippen LogP contribution is 2.08.